The van der Waals surface area contributed by atoms with Gasteiger partial charge in [0.05, 0.1) is 5.75 Å². The molecule has 4 aromatic rings. The molecule has 8 nitrogen and oxygen atoms in total. The monoisotopic (exact) mass is 420 g/mol. The molecule has 152 valence electrons. The first-order valence-corrected chi connectivity index (χ1v) is 10.4. The molecule has 0 atom stereocenters. The van der Waals surface area contributed by atoms with Gasteiger partial charge in [0.25, 0.3) is 0 Å². The van der Waals surface area contributed by atoms with E-state index in [9.17, 15) is 4.79 Å². The molecule has 0 bridgehead atoms. The van der Waals surface area contributed by atoms with Crippen LogP contribution >= 0.6 is 11.8 Å². The first-order valence-electron chi connectivity index (χ1n) is 9.44. The van der Waals surface area contributed by atoms with E-state index in [0.717, 1.165) is 17.1 Å². The van der Waals surface area contributed by atoms with Crippen molar-refractivity contribution in [2.75, 3.05) is 5.32 Å². The quantitative estimate of drug-likeness (QED) is 0.414. The molecule has 9 heteroatoms. The van der Waals surface area contributed by atoms with Gasteiger partial charge in [0.1, 0.15) is 0 Å². The summed E-state index contributed by atoms with van der Waals surface area (Å²) >= 11 is 1.41. The van der Waals surface area contributed by atoms with Gasteiger partial charge in [-0.1, -0.05) is 64.9 Å². The molecule has 0 unspecified atom stereocenters. The smallest absolute Gasteiger partial charge is 0.227 e. The lowest BCUT2D eigenvalue weighted by Crippen LogP contribution is -2.12. The van der Waals surface area contributed by atoms with Gasteiger partial charge in [-0.05, 0) is 19.1 Å². The maximum Gasteiger partial charge on any atom is 0.227 e. The number of carbonyl (C=O) groups excluding carboxylic acids is 1. The average molecular weight is 420 g/mol. The molecule has 0 aliphatic rings. The summed E-state index contributed by atoms with van der Waals surface area (Å²) in [6.07, 6.45) is 0.652. The van der Waals surface area contributed by atoms with E-state index in [0.29, 0.717) is 29.0 Å². The number of rotatable bonds is 8. The van der Waals surface area contributed by atoms with Gasteiger partial charge in [-0.2, -0.15) is 4.98 Å². The average Bonchev–Trinajstić information content (AvgIpc) is 3.42. The highest BCUT2D eigenvalue weighted by atomic mass is 32.2. The van der Waals surface area contributed by atoms with Crippen LogP contribution in [0.2, 0.25) is 0 Å². The van der Waals surface area contributed by atoms with E-state index in [-0.39, 0.29) is 12.3 Å². The number of thioether (sulfide) groups is 1. The third kappa shape index (κ3) is 5.32. The number of nitrogens with one attached hydrogen (secondary N) is 2. The van der Waals surface area contributed by atoms with Crippen LogP contribution in [-0.2, 0) is 17.0 Å². The molecule has 0 fully saturated rings. The van der Waals surface area contributed by atoms with Gasteiger partial charge in [-0.3, -0.25) is 9.89 Å². The molecule has 2 aromatic carbocycles. The maximum atomic E-state index is 12.0. The molecule has 30 heavy (non-hydrogen) atoms. The Bertz CT molecular complexity index is 1110. The van der Waals surface area contributed by atoms with E-state index in [1.165, 1.54) is 17.3 Å². The Hall–Kier alpha value is -3.46. The fourth-order valence-electron chi connectivity index (χ4n) is 2.70. The van der Waals surface area contributed by atoms with Gasteiger partial charge < -0.3 is 9.84 Å². The third-order valence-electron chi connectivity index (χ3n) is 4.25. The molecule has 0 saturated carbocycles. The number of hydrogen-bond donors (Lipinski definition) is 2. The molecule has 0 saturated heterocycles. The molecule has 4 rings (SSSR count). The predicted octanol–water partition coefficient (Wildman–Crippen LogP) is 4.03. The summed E-state index contributed by atoms with van der Waals surface area (Å²) in [7, 11) is 0. The summed E-state index contributed by atoms with van der Waals surface area (Å²) in [6.45, 7) is 2.04. The zero-order valence-electron chi connectivity index (χ0n) is 16.3. The van der Waals surface area contributed by atoms with E-state index in [1.807, 2.05) is 61.5 Å². The molecular weight excluding hydrogens is 400 g/mol. The van der Waals surface area contributed by atoms with Crippen molar-refractivity contribution in [2.45, 2.75) is 30.7 Å². The number of para-hydroxylation sites is 1. The lowest BCUT2D eigenvalue weighted by Gasteiger charge is -2.02. The van der Waals surface area contributed by atoms with Gasteiger partial charge in [0.15, 0.2) is 11.6 Å². The topological polar surface area (TPSA) is 110 Å². The minimum atomic E-state index is -0.0975. The number of hydrogen-bond acceptors (Lipinski definition) is 7. The van der Waals surface area contributed by atoms with Gasteiger partial charge in [0.2, 0.25) is 17.0 Å². The summed E-state index contributed by atoms with van der Waals surface area (Å²) in [5, 5.41) is 14.6. The zero-order valence-corrected chi connectivity index (χ0v) is 17.1. The highest BCUT2D eigenvalue weighted by Gasteiger charge is 2.12. The minimum absolute atomic E-state index is 0.0975. The van der Waals surface area contributed by atoms with E-state index in [1.54, 1.807) is 0 Å². The maximum absolute atomic E-state index is 12.0. The third-order valence-corrected chi connectivity index (χ3v) is 5.10. The fourth-order valence-corrected chi connectivity index (χ4v) is 3.34. The number of benzene rings is 2. The van der Waals surface area contributed by atoms with Crippen LogP contribution in [0.3, 0.4) is 0 Å². The van der Waals surface area contributed by atoms with E-state index in [4.69, 9.17) is 4.52 Å². The van der Waals surface area contributed by atoms with Crippen molar-refractivity contribution in [1.29, 1.82) is 0 Å². The molecule has 0 radical (unpaired) electrons. The second-order valence-corrected chi connectivity index (χ2v) is 7.58. The van der Waals surface area contributed by atoms with Crippen LogP contribution in [0.15, 0.2) is 64.3 Å². The fraction of sp³-hybridized carbons (Fsp3) is 0.190. The van der Waals surface area contributed by atoms with Gasteiger partial charge in [-0.15, -0.1) is 5.10 Å². The van der Waals surface area contributed by atoms with Crippen molar-refractivity contribution < 1.29 is 9.32 Å². The van der Waals surface area contributed by atoms with E-state index in [2.05, 4.69) is 30.6 Å². The van der Waals surface area contributed by atoms with E-state index < -0.39 is 0 Å². The van der Waals surface area contributed by atoms with Crippen LogP contribution in [0.5, 0.6) is 0 Å². The molecule has 0 spiro atoms. The summed E-state index contributed by atoms with van der Waals surface area (Å²) in [5.74, 6) is 2.07. The number of nitrogens with zero attached hydrogens (tertiary/aromatic N) is 4. The Balaban J connectivity index is 1.26. The molecule has 0 aliphatic heterocycles. The molecular formula is C21H20N6O2S. The second-order valence-electron chi connectivity index (χ2n) is 6.64. The van der Waals surface area contributed by atoms with Crippen molar-refractivity contribution in [3.05, 3.63) is 71.9 Å². The number of aryl methyl sites for hydroxylation is 2. The van der Waals surface area contributed by atoms with Crippen molar-refractivity contribution in [3.8, 4) is 11.4 Å². The normalized spacial score (nSPS) is 10.8. The Labute approximate surface area is 177 Å². The molecule has 2 aromatic heterocycles. The van der Waals surface area contributed by atoms with Crippen molar-refractivity contribution in [1.82, 2.24) is 25.3 Å². The Morgan fingerprint density at radius 1 is 1.10 bits per heavy atom. The first-order chi connectivity index (χ1) is 14.7. The second kappa shape index (κ2) is 9.36. The summed E-state index contributed by atoms with van der Waals surface area (Å²) < 4.78 is 5.24. The lowest BCUT2D eigenvalue weighted by atomic mass is 10.1. The summed E-state index contributed by atoms with van der Waals surface area (Å²) in [5.41, 5.74) is 2.94. The number of H-pyrrole nitrogens is 1. The van der Waals surface area contributed by atoms with Crippen LogP contribution in [0.4, 0.5) is 5.69 Å². The van der Waals surface area contributed by atoms with E-state index >= 15 is 0 Å². The number of anilines is 1. The highest BCUT2D eigenvalue weighted by Crippen LogP contribution is 2.22. The van der Waals surface area contributed by atoms with Crippen LogP contribution in [0.25, 0.3) is 11.4 Å². The molecule has 1 amide bonds. The first kappa shape index (κ1) is 19.8. The summed E-state index contributed by atoms with van der Waals surface area (Å²) in [4.78, 5) is 20.8. The zero-order chi connectivity index (χ0) is 20.8. The predicted molar refractivity (Wildman–Crippen MR) is 114 cm³/mol. The van der Waals surface area contributed by atoms with Crippen molar-refractivity contribution >= 4 is 23.4 Å². The Kier molecular flexibility index (Phi) is 6.19. The number of carbonyl (C=O) groups is 1. The van der Waals surface area contributed by atoms with Crippen LogP contribution in [0.1, 0.15) is 23.7 Å². The summed E-state index contributed by atoms with van der Waals surface area (Å²) in [6, 6.07) is 17.4. The van der Waals surface area contributed by atoms with Crippen LogP contribution in [0, 0.1) is 6.92 Å². The Morgan fingerprint density at radius 3 is 2.70 bits per heavy atom. The lowest BCUT2D eigenvalue weighted by molar-refractivity contribution is -0.116. The Morgan fingerprint density at radius 2 is 1.90 bits per heavy atom. The number of amides is 1. The molecule has 2 heterocycles. The number of aromatic nitrogens is 5. The van der Waals surface area contributed by atoms with Gasteiger partial charge in [0, 0.05) is 24.1 Å². The van der Waals surface area contributed by atoms with Crippen LogP contribution in [-0.4, -0.2) is 31.2 Å². The van der Waals surface area contributed by atoms with Crippen molar-refractivity contribution in [3.63, 3.8) is 0 Å². The molecule has 2 N–H and O–H groups in total. The largest absolute Gasteiger partial charge is 0.339 e. The van der Waals surface area contributed by atoms with Gasteiger partial charge >= 0.3 is 0 Å². The van der Waals surface area contributed by atoms with Crippen molar-refractivity contribution in [2.24, 2.45) is 0 Å². The SMILES string of the molecule is Cc1ccc(-c2nc(SCc3noc(CCC(=O)Nc4ccccc4)n3)n[nH]2)cc1. The highest BCUT2D eigenvalue weighted by molar-refractivity contribution is 7.98. The van der Waals surface area contributed by atoms with Crippen LogP contribution < -0.4 is 5.32 Å². The van der Waals surface area contributed by atoms with Gasteiger partial charge in [-0.25, -0.2) is 4.98 Å². The standard InChI is InChI=1S/C21H20N6O2S/c1-14-7-9-15(10-8-14)20-24-21(26-25-20)30-13-17-23-19(29-27-17)12-11-18(28)22-16-5-3-2-4-6-16/h2-10H,11-13H2,1H3,(H,22,28)(H,24,25,26). The number of aromatic amines is 1. The molecule has 0 aliphatic carbocycles. The minimum Gasteiger partial charge on any atom is -0.339 e.